The van der Waals surface area contributed by atoms with E-state index >= 15 is 0 Å². The number of rotatable bonds is 14. The van der Waals surface area contributed by atoms with Crippen molar-refractivity contribution in [3.8, 4) is 0 Å². The summed E-state index contributed by atoms with van der Waals surface area (Å²) in [5.74, 6) is -9.73. The number of unbranched alkanes of at least 4 members (excludes halogenated alkanes) is 2. The van der Waals surface area contributed by atoms with Gasteiger partial charge in [-0.05, 0) is 0 Å². The minimum atomic E-state index is -5.84. The Balaban J connectivity index is 0. The van der Waals surface area contributed by atoms with Gasteiger partial charge in [0.15, 0.2) is 0 Å². The molecule has 0 aliphatic rings. The molecule has 0 aliphatic heterocycles. The number of hydrogen-bond donors (Lipinski definition) is 0. The van der Waals surface area contributed by atoms with Crippen LogP contribution >= 0.6 is 7.82 Å². The standard InChI is InChI=1S/C8H18N.C6H7F8O4P/c1-3-5-7-9-8-6-4-2;7-3(8)5(11,12)1-17-19(15,16)18-2-6(13,14)4(9)10/h3-8H2,1-2H3;3-4H,1-2H2,(H,15,16)/q-1;/p-1. The first-order valence-corrected chi connectivity index (χ1v) is 9.73. The first kappa shape index (κ1) is 29.7. The quantitative estimate of drug-likeness (QED) is 0.205. The highest BCUT2D eigenvalue weighted by atomic mass is 31.2. The summed E-state index contributed by atoms with van der Waals surface area (Å²) in [7, 11) is -5.84. The van der Waals surface area contributed by atoms with Crippen molar-refractivity contribution in [1.82, 2.24) is 0 Å². The maximum Gasteiger partial charge on any atom is 0.330 e. The van der Waals surface area contributed by atoms with Crippen LogP contribution in [0.3, 0.4) is 0 Å². The van der Waals surface area contributed by atoms with Gasteiger partial charge in [0.1, 0.15) is 13.2 Å². The van der Waals surface area contributed by atoms with Crippen LogP contribution in [-0.2, 0) is 13.6 Å². The fourth-order valence-electron chi connectivity index (χ4n) is 1.15. The lowest BCUT2D eigenvalue weighted by atomic mass is 10.3. The highest BCUT2D eigenvalue weighted by Crippen LogP contribution is 2.42. The van der Waals surface area contributed by atoms with Crippen LogP contribution in [0.2, 0.25) is 0 Å². The first-order chi connectivity index (χ1) is 12.7. The van der Waals surface area contributed by atoms with Crippen LogP contribution in [0.15, 0.2) is 0 Å². The molecule has 0 aromatic heterocycles. The van der Waals surface area contributed by atoms with Gasteiger partial charge in [-0.25, -0.2) is 17.6 Å². The van der Waals surface area contributed by atoms with Crippen molar-refractivity contribution in [1.29, 1.82) is 0 Å². The Kier molecular flexibility index (Phi) is 15.4. The Labute approximate surface area is 158 Å². The molecule has 0 bridgehead atoms. The van der Waals surface area contributed by atoms with E-state index in [1.54, 1.807) is 0 Å². The van der Waals surface area contributed by atoms with Crippen LogP contribution < -0.4 is 4.89 Å². The van der Waals surface area contributed by atoms with Gasteiger partial charge in [-0.3, -0.25) is 4.57 Å². The van der Waals surface area contributed by atoms with E-state index in [4.69, 9.17) is 0 Å². The summed E-state index contributed by atoms with van der Waals surface area (Å²) in [5, 5.41) is 4.35. The van der Waals surface area contributed by atoms with E-state index in [2.05, 4.69) is 28.2 Å². The molecule has 5 nitrogen and oxygen atoms in total. The van der Waals surface area contributed by atoms with Crippen LogP contribution in [0.1, 0.15) is 39.5 Å². The monoisotopic (exact) mass is 453 g/mol. The van der Waals surface area contributed by atoms with E-state index in [-0.39, 0.29) is 0 Å². The zero-order valence-electron chi connectivity index (χ0n) is 15.4. The second-order valence-electron chi connectivity index (χ2n) is 5.50. The van der Waals surface area contributed by atoms with Crippen molar-refractivity contribution in [2.75, 3.05) is 26.3 Å². The molecule has 0 amide bonds. The molecule has 0 rings (SSSR count). The molecule has 0 fully saturated rings. The number of nitrogens with zero attached hydrogens (tertiary/aromatic N) is 1. The lowest BCUT2D eigenvalue weighted by Crippen LogP contribution is -2.35. The molecule has 14 heteroatoms. The molecule has 0 aromatic carbocycles. The Morgan fingerprint density at radius 1 is 0.857 bits per heavy atom. The van der Waals surface area contributed by atoms with E-state index < -0.39 is 45.7 Å². The minimum absolute atomic E-state index is 1.08. The maximum absolute atomic E-state index is 12.2. The molecule has 0 unspecified atom stereocenters. The van der Waals surface area contributed by atoms with Crippen molar-refractivity contribution in [3.05, 3.63) is 5.32 Å². The molecule has 0 N–H and O–H groups in total. The average molecular weight is 453 g/mol. The molecule has 0 spiro atoms. The number of alkyl halides is 8. The Morgan fingerprint density at radius 3 is 1.43 bits per heavy atom. The number of halogens is 8. The Morgan fingerprint density at radius 2 is 1.18 bits per heavy atom. The molecule has 0 aliphatic carbocycles. The molecule has 0 aromatic rings. The molecule has 0 atom stereocenters. The summed E-state index contributed by atoms with van der Waals surface area (Å²) in [6, 6.07) is 0. The molecule has 172 valence electrons. The molecule has 28 heavy (non-hydrogen) atoms. The number of phosphoric acid groups is 1. The third-order valence-corrected chi connectivity index (χ3v) is 3.70. The van der Waals surface area contributed by atoms with Gasteiger partial charge in [-0.15, -0.1) is 13.1 Å². The second-order valence-corrected chi connectivity index (χ2v) is 6.91. The number of phosphoric ester groups is 1. The zero-order valence-corrected chi connectivity index (χ0v) is 16.3. The molecule has 0 radical (unpaired) electrons. The molecule has 0 heterocycles. The van der Waals surface area contributed by atoms with Gasteiger partial charge in [0.05, 0.1) is 0 Å². The molecular formula is C14H24F8NO4P-2. The highest BCUT2D eigenvalue weighted by Gasteiger charge is 2.44. The van der Waals surface area contributed by atoms with E-state index in [1.165, 1.54) is 25.7 Å². The molecule has 0 saturated carbocycles. The predicted octanol–water partition coefficient (Wildman–Crippen LogP) is 5.25. The summed E-state index contributed by atoms with van der Waals surface area (Å²) in [6.45, 7) is 1.83. The first-order valence-electron chi connectivity index (χ1n) is 8.27. The fourth-order valence-corrected chi connectivity index (χ4v) is 1.88. The van der Waals surface area contributed by atoms with Crippen molar-refractivity contribution in [2.45, 2.75) is 64.2 Å². The SMILES string of the molecule is CCCC[N-]CCCC.O=P([O-])(OCC(F)(F)C(F)F)OCC(F)(F)C(F)F. The summed E-state index contributed by atoms with van der Waals surface area (Å²) in [5.41, 5.74) is 0. The van der Waals surface area contributed by atoms with Crippen LogP contribution in [0, 0.1) is 0 Å². The predicted molar refractivity (Wildman–Crippen MR) is 84.3 cm³/mol. The third kappa shape index (κ3) is 15.4. The van der Waals surface area contributed by atoms with E-state index in [0.29, 0.717) is 0 Å². The lowest BCUT2D eigenvalue weighted by Gasteiger charge is -2.26. The average Bonchev–Trinajstić information content (AvgIpc) is 2.59. The van der Waals surface area contributed by atoms with Gasteiger partial charge in [-0.2, -0.15) is 17.6 Å². The largest absolute Gasteiger partial charge is 0.756 e. The molecule has 0 saturated heterocycles. The van der Waals surface area contributed by atoms with Crippen molar-refractivity contribution >= 4 is 7.82 Å². The van der Waals surface area contributed by atoms with E-state index in [9.17, 15) is 44.6 Å². The van der Waals surface area contributed by atoms with Gasteiger partial charge >= 0.3 is 24.7 Å². The summed E-state index contributed by atoms with van der Waals surface area (Å²) >= 11 is 0. The van der Waals surface area contributed by atoms with Crippen molar-refractivity contribution in [3.63, 3.8) is 0 Å². The highest BCUT2D eigenvalue weighted by molar-refractivity contribution is 7.45. The minimum Gasteiger partial charge on any atom is -0.756 e. The number of hydrogen-bond acceptors (Lipinski definition) is 4. The van der Waals surface area contributed by atoms with Crippen LogP contribution in [0.4, 0.5) is 35.1 Å². The summed E-state index contributed by atoms with van der Waals surface area (Å²) in [4.78, 5) is 10.6. The van der Waals surface area contributed by atoms with Crippen LogP contribution in [-0.4, -0.2) is 51.0 Å². The zero-order chi connectivity index (χ0) is 22.4. The smallest absolute Gasteiger partial charge is 0.330 e. The lowest BCUT2D eigenvalue weighted by molar-refractivity contribution is -0.246. The van der Waals surface area contributed by atoms with Crippen LogP contribution in [0.25, 0.3) is 5.32 Å². The van der Waals surface area contributed by atoms with Gasteiger partial charge < -0.3 is 19.3 Å². The second kappa shape index (κ2) is 14.5. The normalized spacial score (nSPS) is 13.0. The van der Waals surface area contributed by atoms with E-state index in [1.807, 2.05) is 0 Å². The van der Waals surface area contributed by atoms with Gasteiger partial charge in [0.2, 0.25) is 0 Å². The van der Waals surface area contributed by atoms with Gasteiger partial charge in [0, 0.05) is 0 Å². The summed E-state index contributed by atoms with van der Waals surface area (Å²) in [6.07, 6.45) is -3.46. The molecular weight excluding hydrogens is 429 g/mol. The third-order valence-electron chi connectivity index (χ3n) is 2.81. The Bertz CT molecular complexity index is 410. The van der Waals surface area contributed by atoms with Crippen molar-refractivity contribution in [2.24, 2.45) is 0 Å². The maximum atomic E-state index is 12.2. The summed E-state index contributed by atoms with van der Waals surface area (Å²) < 4.78 is 112. The van der Waals surface area contributed by atoms with Gasteiger partial charge in [-0.1, -0.05) is 39.5 Å². The Hall–Kier alpha value is -0.490. The van der Waals surface area contributed by atoms with Gasteiger partial charge in [0.25, 0.3) is 7.82 Å². The van der Waals surface area contributed by atoms with Crippen LogP contribution in [0.5, 0.6) is 0 Å². The fraction of sp³-hybridized carbons (Fsp3) is 1.00. The topological polar surface area (TPSA) is 72.7 Å². The van der Waals surface area contributed by atoms with Crippen molar-refractivity contribution < 1.29 is 53.6 Å². The van der Waals surface area contributed by atoms with E-state index in [0.717, 1.165) is 13.1 Å².